The molecule has 1 heterocycles. The lowest BCUT2D eigenvalue weighted by molar-refractivity contribution is -0.122. The van der Waals surface area contributed by atoms with Crippen molar-refractivity contribution in [2.24, 2.45) is 5.92 Å². The number of carbonyl (C=O) groups excluding carboxylic acids is 2. The summed E-state index contributed by atoms with van der Waals surface area (Å²) in [5.41, 5.74) is 3.61. The first kappa shape index (κ1) is 19.3. The van der Waals surface area contributed by atoms with Gasteiger partial charge in [-0.15, -0.1) is 11.8 Å². The maximum atomic E-state index is 12.9. The van der Waals surface area contributed by atoms with Crippen LogP contribution in [0.25, 0.3) is 11.1 Å². The average Bonchev–Trinajstić information content (AvgIpc) is 3.16. The van der Waals surface area contributed by atoms with Crippen molar-refractivity contribution in [1.29, 1.82) is 0 Å². The highest BCUT2D eigenvalue weighted by Crippen LogP contribution is 2.30. The summed E-state index contributed by atoms with van der Waals surface area (Å²) in [7, 11) is 0. The number of benzene rings is 3. The lowest BCUT2D eigenvalue weighted by atomic mass is 10.0. The number of rotatable bonds is 5. The molecule has 1 atom stereocenters. The van der Waals surface area contributed by atoms with Crippen LogP contribution in [0.1, 0.15) is 6.42 Å². The standard InChI is InChI=1S/C24H22N2O2S/c1-29-20-13-11-19(12-14-20)26-16-18(15-23(26)27)24(28)25-22-10-6-5-9-21(22)17-7-3-2-4-8-17/h2-14,18H,15-16H2,1H3,(H,25,28). The van der Waals surface area contributed by atoms with E-state index in [1.54, 1.807) is 16.7 Å². The van der Waals surface area contributed by atoms with Crippen molar-refractivity contribution in [3.8, 4) is 11.1 Å². The van der Waals surface area contributed by atoms with Crippen molar-refractivity contribution in [3.63, 3.8) is 0 Å². The molecule has 0 bridgehead atoms. The molecule has 0 aromatic heterocycles. The molecule has 0 saturated carbocycles. The van der Waals surface area contributed by atoms with E-state index in [9.17, 15) is 9.59 Å². The van der Waals surface area contributed by atoms with Crippen molar-refractivity contribution >= 4 is 35.0 Å². The highest BCUT2D eigenvalue weighted by atomic mass is 32.2. The number of thioether (sulfide) groups is 1. The van der Waals surface area contributed by atoms with E-state index < -0.39 is 0 Å². The second-order valence-corrected chi connectivity index (χ2v) is 7.88. The maximum absolute atomic E-state index is 12.9. The normalized spacial score (nSPS) is 16.1. The van der Waals surface area contributed by atoms with Crippen LogP contribution < -0.4 is 10.2 Å². The zero-order chi connectivity index (χ0) is 20.2. The second kappa shape index (κ2) is 8.53. The quantitative estimate of drug-likeness (QED) is 0.607. The van der Waals surface area contributed by atoms with Gasteiger partial charge < -0.3 is 10.2 Å². The Kier molecular flexibility index (Phi) is 5.67. The number of anilines is 2. The second-order valence-electron chi connectivity index (χ2n) is 7.00. The minimum atomic E-state index is -0.369. The van der Waals surface area contributed by atoms with Gasteiger partial charge in [0.1, 0.15) is 0 Å². The van der Waals surface area contributed by atoms with E-state index >= 15 is 0 Å². The van der Waals surface area contributed by atoms with Crippen LogP contribution in [0.3, 0.4) is 0 Å². The molecule has 2 amide bonds. The van der Waals surface area contributed by atoms with Crippen molar-refractivity contribution in [2.75, 3.05) is 23.0 Å². The summed E-state index contributed by atoms with van der Waals surface area (Å²) in [5, 5.41) is 3.04. The van der Waals surface area contributed by atoms with E-state index in [4.69, 9.17) is 0 Å². The van der Waals surface area contributed by atoms with Gasteiger partial charge in [0.2, 0.25) is 11.8 Å². The van der Waals surface area contributed by atoms with Gasteiger partial charge in [0.05, 0.1) is 5.92 Å². The molecule has 1 aliphatic heterocycles. The minimum absolute atomic E-state index is 0.0154. The summed E-state index contributed by atoms with van der Waals surface area (Å²) < 4.78 is 0. The Balaban J connectivity index is 1.49. The number of nitrogens with zero attached hydrogens (tertiary/aromatic N) is 1. The molecule has 4 nitrogen and oxygen atoms in total. The minimum Gasteiger partial charge on any atom is -0.325 e. The maximum Gasteiger partial charge on any atom is 0.229 e. The largest absolute Gasteiger partial charge is 0.325 e. The van der Waals surface area contributed by atoms with Crippen LogP contribution in [0.4, 0.5) is 11.4 Å². The van der Waals surface area contributed by atoms with Gasteiger partial charge in [0, 0.05) is 34.8 Å². The Morgan fingerprint density at radius 1 is 0.966 bits per heavy atom. The van der Waals surface area contributed by atoms with Gasteiger partial charge in [0.15, 0.2) is 0 Å². The van der Waals surface area contributed by atoms with Crippen LogP contribution in [0.5, 0.6) is 0 Å². The van der Waals surface area contributed by atoms with E-state index in [1.807, 2.05) is 85.1 Å². The van der Waals surface area contributed by atoms with Gasteiger partial charge in [0.25, 0.3) is 0 Å². The number of hydrogen-bond donors (Lipinski definition) is 1. The summed E-state index contributed by atoms with van der Waals surface area (Å²) in [4.78, 5) is 28.3. The summed E-state index contributed by atoms with van der Waals surface area (Å²) >= 11 is 1.66. The Labute approximate surface area is 174 Å². The molecule has 29 heavy (non-hydrogen) atoms. The van der Waals surface area contributed by atoms with Gasteiger partial charge in [-0.05, 0) is 42.2 Å². The van der Waals surface area contributed by atoms with Gasteiger partial charge in [-0.3, -0.25) is 9.59 Å². The number of hydrogen-bond acceptors (Lipinski definition) is 3. The average molecular weight is 403 g/mol. The highest BCUT2D eigenvalue weighted by Gasteiger charge is 2.35. The van der Waals surface area contributed by atoms with Gasteiger partial charge in [-0.2, -0.15) is 0 Å². The molecule has 1 aliphatic rings. The lowest BCUT2D eigenvalue weighted by Crippen LogP contribution is -2.28. The predicted octanol–water partition coefficient (Wildman–Crippen LogP) is 5.07. The Morgan fingerprint density at radius 3 is 2.38 bits per heavy atom. The molecule has 3 aromatic rings. The molecule has 1 N–H and O–H groups in total. The molecular formula is C24H22N2O2S. The monoisotopic (exact) mass is 402 g/mol. The van der Waals surface area contributed by atoms with Crippen LogP contribution in [-0.2, 0) is 9.59 Å². The van der Waals surface area contributed by atoms with Crippen LogP contribution in [-0.4, -0.2) is 24.6 Å². The topological polar surface area (TPSA) is 49.4 Å². The summed E-state index contributed by atoms with van der Waals surface area (Å²) in [6.07, 6.45) is 2.24. The number of para-hydroxylation sites is 1. The highest BCUT2D eigenvalue weighted by molar-refractivity contribution is 7.98. The fourth-order valence-electron chi connectivity index (χ4n) is 3.59. The Morgan fingerprint density at radius 2 is 1.66 bits per heavy atom. The zero-order valence-electron chi connectivity index (χ0n) is 16.2. The third-order valence-electron chi connectivity index (χ3n) is 5.15. The predicted molar refractivity (Wildman–Crippen MR) is 119 cm³/mol. The molecule has 0 aliphatic carbocycles. The molecule has 4 rings (SSSR count). The third kappa shape index (κ3) is 4.20. The van der Waals surface area contributed by atoms with Crippen LogP contribution >= 0.6 is 11.8 Å². The van der Waals surface area contributed by atoms with Crippen molar-refractivity contribution in [1.82, 2.24) is 0 Å². The molecule has 1 saturated heterocycles. The van der Waals surface area contributed by atoms with Gasteiger partial charge in [-0.25, -0.2) is 0 Å². The van der Waals surface area contributed by atoms with Crippen molar-refractivity contribution < 1.29 is 9.59 Å². The summed E-state index contributed by atoms with van der Waals surface area (Å²) in [6, 6.07) is 25.6. The third-order valence-corrected chi connectivity index (χ3v) is 5.89. The first-order chi connectivity index (χ1) is 14.2. The molecule has 3 aromatic carbocycles. The smallest absolute Gasteiger partial charge is 0.229 e. The van der Waals surface area contributed by atoms with Crippen molar-refractivity contribution in [2.45, 2.75) is 11.3 Å². The summed E-state index contributed by atoms with van der Waals surface area (Å²) in [6.45, 7) is 0.400. The van der Waals surface area contributed by atoms with Crippen LogP contribution in [0.15, 0.2) is 83.8 Å². The first-order valence-corrected chi connectivity index (χ1v) is 10.8. The van der Waals surface area contributed by atoms with E-state index in [0.29, 0.717) is 6.54 Å². The fourth-order valence-corrected chi connectivity index (χ4v) is 4.00. The van der Waals surface area contributed by atoms with Crippen LogP contribution in [0, 0.1) is 5.92 Å². The van der Waals surface area contributed by atoms with Gasteiger partial charge >= 0.3 is 0 Å². The van der Waals surface area contributed by atoms with E-state index in [1.165, 1.54) is 0 Å². The SMILES string of the molecule is CSc1ccc(N2CC(C(=O)Nc3ccccc3-c3ccccc3)CC2=O)cc1. The molecule has 146 valence electrons. The zero-order valence-corrected chi connectivity index (χ0v) is 17.0. The molecule has 5 heteroatoms. The van der Waals surface area contributed by atoms with E-state index in [2.05, 4.69) is 5.32 Å². The Bertz CT molecular complexity index is 1020. The molecule has 0 radical (unpaired) electrons. The number of nitrogens with one attached hydrogen (secondary N) is 1. The van der Waals surface area contributed by atoms with E-state index in [0.717, 1.165) is 27.4 Å². The summed E-state index contributed by atoms with van der Waals surface area (Å²) in [5.74, 6) is -0.505. The number of carbonyl (C=O) groups is 2. The lowest BCUT2D eigenvalue weighted by Gasteiger charge is -2.17. The fraction of sp³-hybridized carbons (Fsp3) is 0.167. The first-order valence-electron chi connectivity index (χ1n) is 9.55. The van der Waals surface area contributed by atoms with Gasteiger partial charge in [-0.1, -0.05) is 48.5 Å². The van der Waals surface area contributed by atoms with Crippen molar-refractivity contribution in [3.05, 3.63) is 78.9 Å². The van der Waals surface area contributed by atoms with Crippen LogP contribution in [0.2, 0.25) is 0 Å². The Hall–Kier alpha value is -3.05. The molecule has 0 spiro atoms. The number of amides is 2. The van der Waals surface area contributed by atoms with E-state index in [-0.39, 0.29) is 24.2 Å². The molecule has 1 unspecified atom stereocenters. The molecule has 1 fully saturated rings. The molecular weight excluding hydrogens is 380 g/mol.